The van der Waals surface area contributed by atoms with Gasteiger partial charge in [0.15, 0.2) is 0 Å². The van der Waals surface area contributed by atoms with E-state index in [1.165, 1.54) is 31.7 Å². The van der Waals surface area contributed by atoms with E-state index in [9.17, 15) is 9.50 Å². The first-order valence-electron chi connectivity index (χ1n) is 6.84. The molecule has 1 aromatic rings. The molecule has 1 unspecified atom stereocenters. The van der Waals surface area contributed by atoms with Crippen LogP contribution in [0.3, 0.4) is 0 Å². The summed E-state index contributed by atoms with van der Waals surface area (Å²) in [5, 5.41) is 13.0. The molecule has 0 heterocycles. The van der Waals surface area contributed by atoms with Crippen molar-refractivity contribution in [3.05, 3.63) is 29.6 Å². The van der Waals surface area contributed by atoms with Crippen molar-refractivity contribution in [2.45, 2.75) is 45.1 Å². The van der Waals surface area contributed by atoms with Crippen LogP contribution in [0.1, 0.15) is 37.7 Å². The highest BCUT2D eigenvalue weighted by atomic mass is 19.1. The lowest BCUT2D eigenvalue weighted by Crippen LogP contribution is -2.22. The summed E-state index contributed by atoms with van der Waals surface area (Å²) in [7, 11) is 0. The van der Waals surface area contributed by atoms with Crippen molar-refractivity contribution in [3.8, 4) is 0 Å². The predicted molar refractivity (Wildman–Crippen MR) is 72.2 cm³/mol. The molecule has 0 saturated heterocycles. The normalized spacial score (nSPS) is 17.9. The fourth-order valence-electron chi connectivity index (χ4n) is 2.79. The van der Waals surface area contributed by atoms with E-state index < -0.39 is 0 Å². The van der Waals surface area contributed by atoms with Gasteiger partial charge < -0.3 is 10.4 Å². The summed E-state index contributed by atoms with van der Waals surface area (Å²) in [6, 6.07) is 5.01. The third kappa shape index (κ3) is 3.45. The molecule has 1 aliphatic carbocycles. The number of halogens is 1. The number of hydrogen-bond donors (Lipinski definition) is 2. The van der Waals surface area contributed by atoms with E-state index in [4.69, 9.17) is 0 Å². The molecule has 0 spiro atoms. The van der Waals surface area contributed by atoms with E-state index in [0.29, 0.717) is 18.2 Å². The van der Waals surface area contributed by atoms with E-state index in [-0.39, 0.29) is 11.9 Å². The van der Waals surface area contributed by atoms with E-state index >= 15 is 0 Å². The zero-order valence-corrected chi connectivity index (χ0v) is 11.0. The van der Waals surface area contributed by atoms with Gasteiger partial charge in [0.05, 0.1) is 11.8 Å². The van der Waals surface area contributed by atoms with Crippen LogP contribution in [0.4, 0.5) is 10.1 Å². The molecule has 18 heavy (non-hydrogen) atoms. The van der Waals surface area contributed by atoms with Crippen LogP contribution in [0, 0.1) is 18.7 Å². The van der Waals surface area contributed by atoms with Crippen LogP contribution in [0.2, 0.25) is 0 Å². The largest absolute Gasteiger partial charge is 0.391 e. The average molecular weight is 251 g/mol. The topological polar surface area (TPSA) is 32.3 Å². The third-order valence-corrected chi connectivity index (χ3v) is 3.82. The number of aryl methyl sites for hydroxylation is 1. The average Bonchev–Trinajstić information content (AvgIpc) is 2.81. The number of hydrogen-bond acceptors (Lipinski definition) is 2. The maximum absolute atomic E-state index is 13.6. The molecule has 1 aliphatic rings. The molecule has 1 aromatic carbocycles. The van der Waals surface area contributed by atoms with Gasteiger partial charge in [-0.25, -0.2) is 4.39 Å². The van der Waals surface area contributed by atoms with Crippen LogP contribution in [-0.4, -0.2) is 17.8 Å². The number of para-hydroxylation sites is 1. The number of aliphatic hydroxyl groups excluding tert-OH is 1. The molecule has 2 rings (SSSR count). The molecular weight excluding hydrogens is 229 g/mol. The Morgan fingerprint density at radius 3 is 2.78 bits per heavy atom. The first-order chi connectivity index (χ1) is 8.66. The number of aliphatic hydroxyl groups is 1. The highest BCUT2D eigenvalue weighted by Gasteiger charge is 2.19. The van der Waals surface area contributed by atoms with Crippen molar-refractivity contribution >= 4 is 5.69 Å². The molecule has 1 fully saturated rings. The summed E-state index contributed by atoms with van der Waals surface area (Å²) < 4.78 is 13.6. The highest BCUT2D eigenvalue weighted by Crippen LogP contribution is 2.28. The van der Waals surface area contributed by atoms with Gasteiger partial charge in [0.2, 0.25) is 0 Å². The smallest absolute Gasteiger partial charge is 0.146 e. The van der Waals surface area contributed by atoms with E-state index in [0.717, 1.165) is 12.0 Å². The Morgan fingerprint density at radius 2 is 2.11 bits per heavy atom. The molecule has 2 N–H and O–H groups in total. The molecule has 1 saturated carbocycles. The van der Waals surface area contributed by atoms with Crippen LogP contribution >= 0.6 is 0 Å². The van der Waals surface area contributed by atoms with Crippen molar-refractivity contribution in [2.75, 3.05) is 11.9 Å². The number of nitrogens with one attached hydrogen (secondary N) is 1. The van der Waals surface area contributed by atoms with Gasteiger partial charge in [-0.05, 0) is 30.9 Å². The SMILES string of the molecule is Cc1cccc(F)c1NCC(O)CC1CCCC1. The molecule has 0 aromatic heterocycles. The van der Waals surface area contributed by atoms with Gasteiger partial charge in [-0.1, -0.05) is 37.8 Å². The van der Waals surface area contributed by atoms with Crippen molar-refractivity contribution in [1.29, 1.82) is 0 Å². The van der Waals surface area contributed by atoms with Gasteiger partial charge >= 0.3 is 0 Å². The third-order valence-electron chi connectivity index (χ3n) is 3.82. The molecule has 1 atom stereocenters. The molecule has 100 valence electrons. The van der Waals surface area contributed by atoms with Crippen molar-refractivity contribution < 1.29 is 9.50 Å². The Balaban J connectivity index is 1.83. The van der Waals surface area contributed by atoms with Crippen LogP contribution in [-0.2, 0) is 0 Å². The van der Waals surface area contributed by atoms with Crippen LogP contribution in [0.25, 0.3) is 0 Å². The van der Waals surface area contributed by atoms with Crippen molar-refractivity contribution in [2.24, 2.45) is 5.92 Å². The second-order valence-corrected chi connectivity index (χ2v) is 5.35. The number of rotatable bonds is 5. The summed E-state index contributed by atoms with van der Waals surface area (Å²) in [5.74, 6) is 0.409. The summed E-state index contributed by atoms with van der Waals surface area (Å²) >= 11 is 0. The van der Waals surface area contributed by atoms with E-state index in [2.05, 4.69) is 5.32 Å². The Labute approximate surface area is 108 Å². The molecule has 3 heteroatoms. The standard InChI is InChI=1S/C15H22FNO/c1-11-5-4-8-14(16)15(11)17-10-13(18)9-12-6-2-3-7-12/h4-5,8,12-13,17-18H,2-3,6-7,9-10H2,1H3. The highest BCUT2D eigenvalue weighted by molar-refractivity contribution is 5.51. The van der Waals surface area contributed by atoms with Crippen molar-refractivity contribution in [3.63, 3.8) is 0 Å². The van der Waals surface area contributed by atoms with E-state index in [1.807, 2.05) is 13.0 Å². The van der Waals surface area contributed by atoms with Crippen molar-refractivity contribution in [1.82, 2.24) is 0 Å². The maximum Gasteiger partial charge on any atom is 0.146 e. The molecule has 2 nitrogen and oxygen atoms in total. The summed E-state index contributed by atoms with van der Waals surface area (Å²) in [6.07, 6.45) is 5.49. The molecule has 0 radical (unpaired) electrons. The first kappa shape index (κ1) is 13.3. The maximum atomic E-state index is 13.6. The zero-order chi connectivity index (χ0) is 13.0. The van der Waals surface area contributed by atoms with Gasteiger partial charge in [-0.15, -0.1) is 0 Å². The predicted octanol–water partition coefficient (Wildman–Crippen LogP) is 3.49. The second-order valence-electron chi connectivity index (χ2n) is 5.35. The second kappa shape index (κ2) is 6.19. The summed E-state index contributed by atoms with van der Waals surface area (Å²) in [6.45, 7) is 2.30. The Hall–Kier alpha value is -1.09. The molecule has 0 aliphatic heterocycles. The van der Waals surface area contributed by atoms with Gasteiger partial charge in [-0.3, -0.25) is 0 Å². The van der Waals surface area contributed by atoms with Gasteiger partial charge in [0, 0.05) is 6.54 Å². The monoisotopic (exact) mass is 251 g/mol. The van der Waals surface area contributed by atoms with Gasteiger partial charge in [0.1, 0.15) is 5.82 Å². The van der Waals surface area contributed by atoms with E-state index in [1.54, 1.807) is 6.07 Å². The number of anilines is 1. The first-order valence-corrected chi connectivity index (χ1v) is 6.84. The molecular formula is C15H22FNO. The summed E-state index contributed by atoms with van der Waals surface area (Å²) in [5.41, 5.74) is 1.39. The fraction of sp³-hybridized carbons (Fsp3) is 0.600. The zero-order valence-electron chi connectivity index (χ0n) is 11.0. The van der Waals surface area contributed by atoms with Crippen LogP contribution < -0.4 is 5.32 Å². The minimum atomic E-state index is -0.382. The quantitative estimate of drug-likeness (QED) is 0.839. The lowest BCUT2D eigenvalue weighted by atomic mass is 10.00. The Morgan fingerprint density at radius 1 is 1.39 bits per heavy atom. The lowest BCUT2D eigenvalue weighted by Gasteiger charge is -2.17. The Kier molecular flexibility index (Phi) is 4.59. The lowest BCUT2D eigenvalue weighted by molar-refractivity contribution is 0.155. The van der Waals surface area contributed by atoms with Crippen LogP contribution in [0.15, 0.2) is 18.2 Å². The van der Waals surface area contributed by atoms with Crippen LogP contribution in [0.5, 0.6) is 0 Å². The molecule has 0 amide bonds. The number of benzene rings is 1. The minimum Gasteiger partial charge on any atom is -0.391 e. The minimum absolute atomic E-state index is 0.247. The fourth-order valence-corrected chi connectivity index (χ4v) is 2.79. The Bertz CT molecular complexity index is 368. The van der Waals surface area contributed by atoms with Gasteiger partial charge in [-0.2, -0.15) is 0 Å². The summed E-state index contributed by atoms with van der Waals surface area (Å²) in [4.78, 5) is 0. The van der Waals surface area contributed by atoms with Gasteiger partial charge in [0.25, 0.3) is 0 Å². The molecule has 0 bridgehead atoms.